The number of hydrogen-bond donors (Lipinski definition) is 2. The van der Waals surface area contributed by atoms with Crippen LogP contribution in [0.25, 0.3) is 0 Å². The lowest BCUT2D eigenvalue weighted by Gasteiger charge is -2.06. The average Bonchev–Trinajstić information content (AvgIpc) is 2.45. The summed E-state index contributed by atoms with van der Waals surface area (Å²) in [6.07, 6.45) is 3.69. The summed E-state index contributed by atoms with van der Waals surface area (Å²) in [6, 6.07) is 14.5. The monoisotopic (exact) mass is 241 g/mol. The van der Waals surface area contributed by atoms with Crippen LogP contribution in [0, 0.1) is 0 Å². The van der Waals surface area contributed by atoms with E-state index in [0.29, 0.717) is 0 Å². The number of aromatic nitrogens is 1. The molecule has 0 radical (unpaired) electrons. The van der Waals surface area contributed by atoms with Gasteiger partial charge in [0.05, 0.1) is 0 Å². The molecule has 1 aromatic heterocycles. The highest BCUT2D eigenvalue weighted by Gasteiger charge is 1.92. The van der Waals surface area contributed by atoms with Gasteiger partial charge >= 0.3 is 0 Å². The predicted molar refractivity (Wildman–Crippen MR) is 74.1 cm³/mol. The van der Waals surface area contributed by atoms with Gasteiger partial charge in [0, 0.05) is 38.6 Å². The minimum Gasteiger partial charge on any atom is -0.311 e. The molecule has 0 saturated heterocycles. The average molecular weight is 241 g/mol. The zero-order valence-corrected chi connectivity index (χ0v) is 10.5. The lowest BCUT2D eigenvalue weighted by Crippen LogP contribution is -2.26. The Labute approximate surface area is 108 Å². The fourth-order valence-corrected chi connectivity index (χ4v) is 1.74. The van der Waals surface area contributed by atoms with Crippen molar-refractivity contribution in [1.82, 2.24) is 15.6 Å². The van der Waals surface area contributed by atoms with Crippen LogP contribution < -0.4 is 10.6 Å². The minimum atomic E-state index is 0.876. The Morgan fingerprint density at radius 2 is 1.44 bits per heavy atom. The van der Waals surface area contributed by atoms with E-state index in [0.717, 1.165) is 26.2 Å². The van der Waals surface area contributed by atoms with Crippen molar-refractivity contribution in [2.24, 2.45) is 0 Å². The maximum atomic E-state index is 4.08. The number of pyridine rings is 1. The standard InChI is InChI=1S/C15H19N3/c1-2-5-14(6-3-1)11-17-9-10-18-13-15-7-4-8-16-12-15/h1-8,12,17-18H,9-11,13H2. The van der Waals surface area contributed by atoms with E-state index in [-0.39, 0.29) is 0 Å². The van der Waals surface area contributed by atoms with E-state index in [2.05, 4.69) is 45.9 Å². The van der Waals surface area contributed by atoms with E-state index in [4.69, 9.17) is 0 Å². The van der Waals surface area contributed by atoms with Crippen LogP contribution in [0.5, 0.6) is 0 Å². The van der Waals surface area contributed by atoms with E-state index in [1.807, 2.05) is 18.3 Å². The van der Waals surface area contributed by atoms with Crippen LogP contribution in [0.15, 0.2) is 54.9 Å². The second-order valence-electron chi connectivity index (χ2n) is 4.20. The predicted octanol–water partition coefficient (Wildman–Crippen LogP) is 1.96. The van der Waals surface area contributed by atoms with Gasteiger partial charge < -0.3 is 10.6 Å². The highest BCUT2D eigenvalue weighted by molar-refractivity contribution is 5.14. The Morgan fingerprint density at radius 1 is 0.778 bits per heavy atom. The van der Waals surface area contributed by atoms with Gasteiger partial charge in [-0.2, -0.15) is 0 Å². The number of benzene rings is 1. The summed E-state index contributed by atoms with van der Waals surface area (Å²) in [5.74, 6) is 0. The van der Waals surface area contributed by atoms with Gasteiger partial charge in [0.25, 0.3) is 0 Å². The summed E-state index contributed by atoms with van der Waals surface area (Å²) in [5, 5.41) is 6.80. The van der Waals surface area contributed by atoms with Crippen LogP contribution >= 0.6 is 0 Å². The third kappa shape index (κ3) is 4.65. The molecule has 0 spiro atoms. The molecule has 0 saturated carbocycles. The van der Waals surface area contributed by atoms with Crippen LogP contribution in [0.3, 0.4) is 0 Å². The van der Waals surface area contributed by atoms with Crippen molar-refractivity contribution in [2.45, 2.75) is 13.1 Å². The first-order valence-corrected chi connectivity index (χ1v) is 6.29. The zero-order chi connectivity index (χ0) is 12.5. The molecule has 94 valence electrons. The molecular weight excluding hydrogens is 222 g/mol. The first kappa shape index (κ1) is 12.7. The molecule has 0 aliphatic heterocycles. The normalized spacial score (nSPS) is 10.4. The van der Waals surface area contributed by atoms with Crippen molar-refractivity contribution in [3.63, 3.8) is 0 Å². The van der Waals surface area contributed by atoms with Gasteiger partial charge in [-0.3, -0.25) is 4.98 Å². The maximum absolute atomic E-state index is 4.08. The summed E-state index contributed by atoms with van der Waals surface area (Å²) >= 11 is 0. The van der Waals surface area contributed by atoms with Crippen molar-refractivity contribution in [3.05, 3.63) is 66.0 Å². The number of rotatable bonds is 7. The van der Waals surface area contributed by atoms with Gasteiger partial charge in [-0.05, 0) is 17.2 Å². The fraction of sp³-hybridized carbons (Fsp3) is 0.267. The molecule has 0 aliphatic carbocycles. The molecule has 3 heteroatoms. The molecule has 0 amide bonds. The highest BCUT2D eigenvalue weighted by atomic mass is 14.9. The molecular formula is C15H19N3. The number of nitrogens with one attached hydrogen (secondary N) is 2. The molecule has 1 heterocycles. The molecule has 0 fully saturated rings. The van der Waals surface area contributed by atoms with Gasteiger partial charge in [-0.25, -0.2) is 0 Å². The molecule has 2 aromatic rings. The Bertz CT molecular complexity index is 385. The lowest BCUT2D eigenvalue weighted by atomic mass is 10.2. The van der Waals surface area contributed by atoms with Crippen molar-refractivity contribution >= 4 is 0 Å². The van der Waals surface area contributed by atoms with Gasteiger partial charge in [0.15, 0.2) is 0 Å². The first-order valence-electron chi connectivity index (χ1n) is 6.29. The second-order valence-corrected chi connectivity index (χ2v) is 4.20. The van der Waals surface area contributed by atoms with Crippen molar-refractivity contribution in [2.75, 3.05) is 13.1 Å². The Balaban J connectivity index is 1.54. The third-order valence-electron chi connectivity index (χ3n) is 2.70. The highest BCUT2D eigenvalue weighted by Crippen LogP contribution is 1.96. The maximum Gasteiger partial charge on any atom is 0.0312 e. The molecule has 0 bridgehead atoms. The summed E-state index contributed by atoms with van der Waals surface area (Å²) < 4.78 is 0. The minimum absolute atomic E-state index is 0.876. The zero-order valence-electron chi connectivity index (χ0n) is 10.5. The Kier molecular flexibility index (Phi) is 5.37. The van der Waals surface area contributed by atoms with Gasteiger partial charge in [0.1, 0.15) is 0 Å². The summed E-state index contributed by atoms with van der Waals surface area (Å²) in [5.41, 5.74) is 2.55. The largest absolute Gasteiger partial charge is 0.311 e. The molecule has 18 heavy (non-hydrogen) atoms. The summed E-state index contributed by atoms with van der Waals surface area (Å²) in [4.78, 5) is 4.08. The van der Waals surface area contributed by atoms with Crippen LogP contribution in [0.2, 0.25) is 0 Å². The summed E-state index contributed by atoms with van der Waals surface area (Å²) in [6.45, 7) is 3.73. The number of hydrogen-bond acceptors (Lipinski definition) is 3. The van der Waals surface area contributed by atoms with Gasteiger partial charge in [-0.15, -0.1) is 0 Å². The fourth-order valence-electron chi connectivity index (χ4n) is 1.74. The smallest absolute Gasteiger partial charge is 0.0312 e. The number of nitrogens with zero attached hydrogens (tertiary/aromatic N) is 1. The van der Waals surface area contributed by atoms with E-state index in [1.165, 1.54) is 11.1 Å². The van der Waals surface area contributed by atoms with Crippen molar-refractivity contribution in [3.8, 4) is 0 Å². The topological polar surface area (TPSA) is 37.0 Å². The molecule has 0 aliphatic rings. The van der Waals surface area contributed by atoms with E-state index < -0.39 is 0 Å². The SMILES string of the molecule is c1ccc(CNCCNCc2cccnc2)cc1. The molecule has 0 atom stereocenters. The molecule has 1 aromatic carbocycles. The third-order valence-corrected chi connectivity index (χ3v) is 2.70. The van der Waals surface area contributed by atoms with E-state index in [1.54, 1.807) is 6.20 Å². The summed E-state index contributed by atoms with van der Waals surface area (Å²) in [7, 11) is 0. The Hall–Kier alpha value is -1.71. The van der Waals surface area contributed by atoms with Gasteiger partial charge in [0.2, 0.25) is 0 Å². The molecule has 3 nitrogen and oxygen atoms in total. The Morgan fingerprint density at radius 3 is 2.11 bits per heavy atom. The molecule has 2 N–H and O–H groups in total. The van der Waals surface area contributed by atoms with Gasteiger partial charge in [-0.1, -0.05) is 36.4 Å². The van der Waals surface area contributed by atoms with Crippen LogP contribution in [0.4, 0.5) is 0 Å². The molecule has 0 unspecified atom stereocenters. The van der Waals surface area contributed by atoms with Crippen LogP contribution in [-0.4, -0.2) is 18.1 Å². The van der Waals surface area contributed by atoms with Crippen molar-refractivity contribution in [1.29, 1.82) is 0 Å². The van der Waals surface area contributed by atoms with E-state index >= 15 is 0 Å². The van der Waals surface area contributed by atoms with Crippen LogP contribution in [0.1, 0.15) is 11.1 Å². The molecule has 2 rings (SSSR count). The van der Waals surface area contributed by atoms with E-state index in [9.17, 15) is 0 Å². The second kappa shape index (κ2) is 7.58. The van der Waals surface area contributed by atoms with Crippen LogP contribution in [-0.2, 0) is 13.1 Å². The lowest BCUT2D eigenvalue weighted by molar-refractivity contribution is 0.610. The quantitative estimate of drug-likeness (QED) is 0.728. The first-order chi connectivity index (χ1) is 8.95. The van der Waals surface area contributed by atoms with Crippen molar-refractivity contribution < 1.29 is 0 Å².